The maximum atomic E-state index is 11.3. The summed E-state index contributed by atoms with van der Waals surface area (Å²) in [6, 6.07) is 5.08. The molecule has 18 heavy (non-hydrogen) atoms. The third-order valence-electron chi connectivity index (χ3n) is 2.05. The number of rotatable bonds is 3. The van der Waals surface area contributed by atoms with Crippen LogP contribution in [0.4, 0.5) is 5.69 Å². The molecule has 0 fully saturated rings. The predicted molar refractivity (Wildman–Crippen MR) is 64.6 cm³/mol. The minimum Gasteiger partial charge on any atom is -0.324 e. The van der Waals surface area contributed by atoms with Gasteiger partial charge in [-0.25, -0.2) is 9.97 Å². The van der Waals surface area contributed by atoms with Gasteiger partial charge in [-0.15, -0.1) is 0 Å². The smallest absolute Gasteiger partial charge is 0.274 e. The molecule has 7 nitrogen and oxygen atoms in total. The summed E-state index contributed by atoms with van der Waals surface area (Å²) in [7, 11) is -4.33. The molecule has 2 aromatic rings. The zero-order valence-electron chi connectivity index (χ0n) is 9.07. The number of pyridine rings is 2. The molecule has 0 saturated carbocycles. The number of fused-ring (bicyclic) bond motifs is 1. The molecule has 0 atom stereocenters. The number of aromatic nitrogens is 2. The Hall–Kier alpha value is -2.06. The minimum absolute atomic E-state index is 0.337. The van der Waals surface area contributed by atoms with Gasteiger partial charge >= 0.3 is 0 Å². The molecule has 2 heterocycles. The molecule has 0 aliphatic rings. The van der Waals surface area contributed by atoms with E-state index in [0.29, 0.717) is 16.7 Å². The number of nitrogens with one attached hydrogen (secondary N) is 1. The Balaban J connectivity index is 2.20. The van der Waals surface area contributed by atoms with Crippen molar-refractivity contribution in [3.05, 3.63) is 30.6 Å². The quantitative estimate of drug-likeness (QED) is 0.782. The minimum atomic E-state index is -4.33. The summed E-state index contributed by atoms with van der Waals surface area (Å²) in [5.74, 6) is -1.82. The van der Waals surface area contributed by atoms with Crippen molar-refractivity contribution in [2.75, 3.05) is 11.1 Å². The van der Waals surface area contributed by atoms with E-state index >= 15 is 0 Å². The second-order valence-corrected chi connectivity index (χ2v) is 5.00. The largest absolute Gasteiger partial charge is 0.324 e. The van der Waals surface area contributed by atoms with Crippen molar-refractivity contribution in [1.29, 1.82) is 0 Å². The summed E-state index contributed by atoms with van der Waals surface area (Å²) in [4.78, 5) is 19.3. The Morgan fingerprint density at radius 2 is 2.17 bits per heavy atom. The lowest BCUT2D eigenvalue weighted by atomic mass is 10.3. The zero-order valence-corrected chi connectivity index (χ0v) is 9.88. The maximum absolute atomic E-state index is 11.3. The zero-order chi connectivity index (χ0) is 13.2. The first kappa shape index (κ1) is 12.4. The monoisotopic (exact) mass is 267 g/mol. The van der Waals surface area contributed by atoms with E-state index in [1.54, 1.807) is 24.4 Å². The number of hydrogen-bond acceptors (Lipinski definition) is 5. The van der Waals surface area contributed by atoms with Gasteiger partial charge in [0, 0.05) is 11.6 Å². The van der Waals surface area contributed by atoms with Crippen LogP contribution >= 0.6 is 0 Å². The average Bonchev–Trinajstić information content (AvgIpc) is 2.26. The van der Waals surface area contributed by atoms with Gasteiger partial charge in [0.2, 0.25) is 5.91 Å². The molecule has 0 radical (unpaired) electrons. The summed E-state index contributed by atoms with van der Waals surface area (Å²) in [6.07, 6.45) is 2.95. The molecule has 2 aromatic heterocycles. The number of hydrogen-bond donors (Lipinski definition) is 2. The lowest BCUT2D eigenvalue weighted by Crippen LogP contribution is -2.22. The fourth-order valence-electron chi connectivity index (χ4n) is 1.40. The van der Waals surface area contributed by atoms with Crippen molar-refractivity contribution in [1.82, 2.24) is 9.97 Å². The van der Waals surface area contributed by atoms with Gasteiger partial charge in [0.1, 0.15) is 0 Å². The Labute approximate surface area is 103 Å². The first-order valence-electron chi connectivity index (χ1n) is 4.90. The number of nitrogens with zero attached hydrogens (tertiary/aromatic N) is 2. The van der Waals surface area contributed by atoms with Crippen LogP contribution in [-0.4, -0.2) is 34.6 Å². The summed E-state index contributed by atoms with van der Waals surface area (Å²) in [5.41, 5.74) is 0.856. The number of amides is 1. The van der Waals surface area contributed by atoms with Crippen LogP contribution in [0.2, 0.25) is 0 Å². The highest BCUT2D eigenvalue weighted by molar-refractivity contribution is 7.86. The Kier molecular flexibility index (Phi) is 3.21. The van der Waals surface area contributed by atoms with Crippen LogP contribution in [0.5, 0.6) is 0 Å². The third-order valence-corrected chi connectivity index (χ3v) is 2.68. The average molecular weight is 267 g/mol. The lowest BCUT2D eigenvalue weighted by Gasteiger charge is -2.04. The van der Waals surface area contributed by atoms with Gasteiger partial charge in [-0.3, -0.25) is 9.35 Å². The molecule has 0 aliphatic carbocycles. The van der Waals surface area contributed by atoms with Crippen molar-refractivity contribution in [2.45, 2.75) is 0 Å². The third kappa shape index (κ3) is 3.22. The van der Waals surface area contributed by atoms with Crippen LogP contribution in [0.15, 0.2) is 30.6 Å². The van der Waals surface area contributed by atoms with Gasteiger partial charge in [0.15, 0.2) is 11.4 Å². The highest BCUT2D eigenvalue weighted by Crippen LogP contribution is 2.14. The van der Waals surface area contributed by atoms with Crippen molar-refractivity contribution >= 4 is 32.7 Å². The molecule has 0 spiro atoms. The van der Waals surface area contributed by atoms with Crippen LogP contribution < -0.4 is 5.32 Å². The van der Waals surface area contributed by atoms with Crippen molar-refractivity contribution in [3.8, 4) is 0 Å². The molecular weight excluding hydrogens is 258 g/mol. The van der Waals surface area contributed by atoms with E-state index in [1.165, 1.54) is 6.20 Å². The van der Waals surface area contributed by atoms with E-state index in [-0.39, 0.29) is 0 Å². The highest BCUT2D eigenvalue weighted by atomic mass is 32.2. The van der Waals surface area contributed by atoms with E-state index in [1.807, 2.05) is 0 Å². The summed E-state index contributed by atoms with van der Waals surface area (Å²) >= 11 is 0. The van der Waals surface area contributed by atoms with Crippen LogP contribution in [-0.2, 0) is 14.9 Å². The first-order valence-corrected chi connectivity index (χ1v) is 6.51. The van der Waals surface area contributed by atoms with E-state index in [4.69, 9.17) is 4.55 Å². The van der Waals surface area contributed by atoms with Gasteiger partial charge in [-0.2, -0.15) is 8.42 Å². The topological polar surface area (TPSA) is 109 Å². The fraction of sp³-hybridized carbons (Fsp3) is 0.100. The molecule has 0 bridgehead atoms. The Morgan fingerprint density at radius 1 is 1.39 bits per heavy atom. The van der Waals surface area contributed by atoms with Gasteiger partial charge in [0.25, 0.3) is 10.1 Å². The standard InChI is InChI=1S/C10H9N3O4S/c14-9(6-18(15,16)17)13-8-4-7-2-1-3-11-10(7)12-5-8/h1-5H,6H2,(H,13,14)(H,15,16,17). The second-order valence-electron chi connectivity index (χ2n) is 3.55. The molecule has 2 N–H and O–H groups in total. The normalized spacial score (nSPS) is 11.4. The molecule has 0 unspecified atom stereocenters. The van der Waals surface area contributed by atoms with E-state index in [0.717, 1.165) is 0 Å². The number of anilines is 1. The van der Waals surface area contributed by atoms with E-state index in [9.17, 15) is 13.2 Å². The maximum Gasteiger partial charge on any atom is 0.274 e. The van der Waals surface area contributed by atoms with Crippen LogP contribution in [0, 0.1) is 0 Å². The molecule has 2 rings (SSSR count). The number of carbonyl (C=O) groups is 1. The van der Waals surface area contributed by atoms with Gasteiger partial charge in [0.05, 0.1) is 11.9 Å². The van der Waals surface area contributed by atoms with Crippen molar-refractivity contribution in [3.63, 3.8) is 0 Å². The predicted octanol–water partition coefficient (Wildman–Crippen LogP) is 0.456. The molecule has 0 aliphatic heterocycles. The highest BCUT2D eigenvalue weighted by Gasteiger charge is 2.13. The Bertz CT molecular complexity index is 699. The van der Waals surface area contributed by atoms with E-state index < -0.39 is 21.8 Å². The fourth-order valence-corrected chi connectivity index (χ4v) is 1.80. The Morgan fingerprint density at radius 3 is 2.89 bits per heavy atom. The van der Waals surface area contributed by atoms with Gasteiger partial charge in [-0.1, -0.05) is 0 Å². The van der Waals surface area contributed by atoms with Crippen LogP contribution in [0.3, 0.4) is 0 Å². The summed E-state index contributed by atoms with van der Waals surface area (Å²) in [6.45, 7) is 0. The number of carbonyl (C=O) groups excluding carboxylic acids is 1. The van der Waals surface area contributed by atoms with Crippen LogP contribution in [0.1, 0.15) is 0 Å². The van der Waals surface area contributed by atoms with E-state index in [2.05, 4.69) is 15.3 Å². The summed E-state index contributed by atoms with van der Waals surface area (Å²) < 4.78 is 29.6. The van der Waals surface area contributed by atoms with Crippen LogP contribution in [0.25, 0.3) is 11.0 Å². The molecular formula is C10H9N3O4S. The van der Waals surface area contributed by atoms with Crippen molar-refractivity contribution in [2.24, 2.45) is 0 Å². The molecule has 94 valence electrons. The lowest BCUT2D eigenvalue weighted by molar-refractivity contribution is -0.113. The second kappa shape index (κ2) is 4.67. The van der Waals surface area contributed by atoms with Crippen molar-refractivity contribution < 1.29 is 17.8 Å². The molecule has 0 aromatic carbocycles. The molecule has 0 saturated heterocycles. The SMILES string of the molecule is O=C(CS(=O)(=O)O)Nc1cnc2ncccc2c1. The molecule has 1 amide bonds. The van der Waals surface area contributed by atoms with Gasteiger partial charge in [-0.05, 0) is 18.2 Å². The molecule has 8 heteroatoms. The first-order chi connectivity index (χ1) is 8.44. The van der Waals surface area contributed by atoms with Gasteiger partial charge < -0.3 is 5.32 Å². The summed E-state index contributed by atoms with van der Waals surface area (Å²) in [5, 5.41) is 3.03.